The molecule has 0 aromatic heterocycles. The first-order valence-electron chi connectivity index (χ1n) is 4.16. The first kappa shape index (κ1) is 10.8. The van der Waals surface area contributed by atoms with Gasteiger partial charge in [-0.3, -0.25) is 0 Å². The van der Waals surface area contributed by atoms with Crippen molar-refractivity contribution < 1.29 is 19.0 Å². The Bertz CT molecular complexity index is 337. The van der Waals surface area contributed by atoms with Crippen LogP contribution in [0.4, 0.5) is 4.39 Å². The molecule has 0 heterocycles. The van der Waals surface area contributed by atoms with Gasteiger partial charge in [-0.05, 0) is 18.6 Å². The summed E-state index contributed by atoms with van der Waals surface area (Å²) in [6.07, 6.45) is 0. The van der Waals surface area contributed by atoms with Crippen LogP contribution in [0.25, 0.3) is 0 Å². The molecule has 0 saturated carbocycles. The molecule has 0 spiro atoms. The van der Waals surface area contributed by atoms with Gasteiger partial charge in [-0.1, -0.05) is 0 Å². The molecule has 1 aromatic rings. The van der Waals surface area contributed by atoms with E-state index in [4.69, 9.17) is 14.6 Å². The maximum absolute atomic E-state index is 13.6. The summed E-state index contributed by atoms with van der Waals surface area (Å²) < 4.78 is 23.4. The first-order valence-corrected chi connectivity index (χ1v) is 4.16. The minimum atomic E-state index is -0.570. The van der Waals surface area contributed by atoms with Crippen LogP contribution in [0.2, 0.25) is 0 Å². The molecule has 0 aliphatic rings. The number of aliphatic hydroxyl groups is 1. The molecule has 0 aliphatic heterocycles. The fourth-order valence-corrected chi connectivity index (χ4v) is 1.40. The molecule has 0 amide bonds. The predicted molar refractivity (Wildman–Crippen MR) is 50.2 cm³/mol. The highest BCUT2D eigenvalue weighted by Crippen LogP contribution is 2.33. The van der Waals surface area contributed by atoms with E-state index in [1.807, 2.05) is 0 Å². The monoisotopic (exact) mass is 200 g/mol. The number of benzene rings is 1. The Labute approximate surface area is 82.1 Å². The van der Waals surface area contributed by atoms with E-state index >= 15 is 0 Å². The second-order valence-corrected chi connectivity index (χ2v) is 2.89. The number of ether oxygens (including phenoxy) is 2. The van der Waals surface area contributed by atoms with Crippen LogP contribution >= 0.6 is 0 Å². The van der Waals surface area contributed by atoms with Gasteiger partial charge < -0.3 is 14.6 Å². The second-order valence-electron chi connectivity index (χ2n) is 2.89. The molecule has 1 aromatic carbocycles. The Morgan fingerprint density at radius 3 is 2.29 bits per heavy atom. The molecule has 4 heteroatoms. The van der Waals surface area contributed by atoms with Crippen molar-refractivity contribution >= 4 is 0 Å². The average molecular weight is 200 g/mol. The number of aliphatic hydroxyl groups excluding tert-OH is 1. The Hall–Kier alpha value is -1.29. The molecule has 14 heavy (non-hydrogen) atoms. The highest BCUT2D eigenvalue weighted by molar-refractivity contribution is 5.47. The molecule has 1 N–H and O–H groups in total. The average Bonchev–Trinajstić information content (AvgIpc) is 2.17. The van der Waals surface area contributed by atoms with Crippen molar-refractivity contribution in [2.75, 3.05) is 14.2 Å². The van der Waals surface area contributed by atoms with Crippen molar-refractivity contribution in [3.8, 4) is 11.5 Å². The van der Waals surface area contributed by atoms with Gasteiger partial charge in [0, 0.05) is 5.56 Å². The number of rotatable bonds is 3. The van der Waals surface area contributed by atoms with Gasteiger partial charge in [0.15, 0.2) is 11.5 Å². The SMILES string of the molecule is COc1c(C)cc(CO)c(OC)c1F. The van der Waals surface area contributed by atoms with Gasteiger partial charge in [-0.2, -0.15) is 4.39 Å². The van der Waals surface area contributed by atoms with E-state index in [0.29, 0.717) is 11.1 Å². The van der Waals surface area contributed by atoms with Crippen molar-refractivity contribution in [2.24, 2.45) is 0 Å². The Morgan fingerprint density at radius 1 is 1.29 bits per heavy atom. The largest absolute Gasteiger partial charge is 0.493 e. The van der Waals surface area contributed by atoms with E-state index in [0.717, 1.165) is 0 Å². The Balaban J connectivity index is 3.39. The molecular weight excluding hydrogens is 187 g/mol. The Kier molecular flexibility index (Phi) is 3.30. The lowest BCUT2D eigenvalue weighted by molar-refractivity contribution is 0.268. The van der Waals surface area contributed by atoms with Crippen molar-refractivity contribution in [3.63, 3.8) is 0 Å². The summed E-state index contributed by atoms with van der Waals surface area (Å²) in [6.45, 7) is 1.45. The number of hydrogen-bond donors (Lipinski definition) is 1. The molecule has 0 atom stereocenters. The molecule has 1 rings (SSSR count). The van der Waals surface area contributed by atoms with Crippen molar-refractivity contribution in [2.45, 2.75) is 13.5 Å². The smallest absolute Gasteiger partial charge is 0.207 e. The van der Waals surface area contributed by atoms with Gasteiger partial charge in [0.1, 0.15) is 0 Å². The summed E-state index contributed by atoms with van der Waals surface area (Å²) in [5, 5.41) is 8.97. The third-order valence-electron chi connectivity index (χ3n) is 2.02. The van der Waals surface area contributed by atoms with E-state index in [1.165, 1.54) is 14.2 Å². The summed E-state index contributed by atoms with van der Waals surface area (Å²) >= 11 is 0. The van der Waals surface area contributed by atoms with Crippen LogP contribution in [-0.4, -0.2) is 19.3 Å². The van der Waals surface area contributed by atoms with Crippen molar-refractivity contribution in [1.29, 1.82) is 0 Å². The van der Waals surface area contributed by atoms with Crippen LogP contribution in [0.5, 0.6) is 11.5 Å². The maximum Gasteiger partial charge on any atom is 0.207 e. The standard InChI is InChI=1S/C10H13FO3/c1-6-4-7(5-12)10(14-3)8(11)9(6)13-2/h4,12H,5H2,1-3H3. The molecule has 0 radical (unpaired) electrons. The van der Waals surface area contributed by atoms with Crippen molar-refractivity contribution in [3.05, 3.63) is 23.0 Å². The van der Waals surface area contributed by atoms with Gasteiger partial charge in [-0.25, -0.2) is 0 Å². The lowest BCUT2D eigenvalue weighted by Gasteiger charge is -2.13. The molecule has 0 saturated heterocycles. The fourth-order valence-electron chi connectivity index (χ4n) is 1.40. The lowest BCUT2D eigenvalue weighted by atomic mass is 10.1. The van der Waals surface area contributed by atoms with Gasteiger partial charge in [0.05, 0.1) is 20.8 Å². The number of halogens is 1. The molecule has 0 fully saturated rings. The van der Waals surface area contributed by atoms with Crippen molar-refractivity contribution in [1.82, 2.24) is 0 Å². The molecule has 3 nitrogen and oxygen atoms in total. The van der Waals surface area contributed by atoms with E-state index < -0.39 is 5.82 Å². The van der Waals surface area contributed by atoms with E-state index in [1.54, 1.807) is 13.0 Å². The van der Waals surface area contributed by atoms with Gasteiger partial charge in [0.2, 0.25) is 5.82 Å². The maximum atomic E-state index is 13.6. The van der Waals surface area contributed by atoms with E-state index in [9.17, 15) is 4.39 Å². The zero-order valence-electron chi connectivity index (χ0n) is 8.43. The number of aryl methyl sites for hydroxylation is 1. The Morgan fingerprint density at radius 2 is 1.86 bits per heavy atom. The number of hydrogen-bond acceptors (Lipinski definition) is 3. The van der Waals surface area contributed by atoms with Crippen LogP contribution in [0.3, 0.4) is 0 Å². The van der Waals surface area contributed by atoms with Gasteiger partial charge in [0.25, 0.3) is 0 Å². The molecule has 0 aliphatic carbocycles. The highest BCUT2D eigenvalue weighted by Gasteiger charge is 2.16. The topological polar surface area (TPSA) is 38.7 Å². The van der Waals surface area contributed by atoms with Crippen LogP contribution < -0.4 is 9.47 Å². The summed E-state index contributed by atoms with van der Waals surface area (Å²) in [6, 6.07) is 1.64. The highest BCUT2D eigenvalue weighted by atomic mass is 19.1. The zero-order valence-corrected chi connectivity index (χ0v) is 8.43. The molecular formula is C10H13FO3. The lowest BCUT2D eigenvalue weighted by Crippen LogP contribution is -2.00. The van der Waals surface area contributed by atoms with E-state index in [2.05, 4.69) is 0 Å². The second kappa shape index (κ2) is 4.28. The summed E-state index contributed by atoms with van der Waals surface area (Å²) in [5.74, 6) is -0.381. The van der Waals surface area contributed by atoms with Crippen LogP contribution in [0.1, 0.15) is 11.1 Å². The van der Waals surface area contributed by atoms with Crippen LogP contribution in [0.15, 0.2) is 6.07 Å². The number of methoxy groups -OCH3 is 2. The predicted octanol–water partition coefficient (Wildman–Crippen LogP) is 1.64. The third-order valence-corrected chi connectivity index (χ3v) is 2.02. The first-order chi connectivity index (χ1) is 6.65. The van der Waals surface area contributed by atoms with Gasteiger partial charge in [-0.15, -0.1) is 0 Å². The minimum absolute atomic E-state index is 0.0370. The summed E-state index contributed by atoms with van der Waals surface area (Å²) in [7, 11) is 2.75. The van der Waals surface area contributed by atoms with Gasteiger partial charge >= 0.3 is 0 Å². The normalized spacial score (nSPS) is 10.1. The minimum Gasteiger partial charge on any atom is -0.493 e. The molecule has 0 bridgehead atoms. The van der Waals surface area contributed by atoms with E-state index in [-0.39, 0.29) is 18.1 Å². The quantitative estimate of drug-likeness (QED) is 0.806. The fraction of sp³-hybridized carbons (Fsp3) is 0.400. The molecule has 78 valence electrons. The zero-order chi connectivity index (χ0) is 10.7. The van der Waals surface area contributed by atoms with Crippen LogP contribution in [-0.2, 0) is 6.61 Å². The summed E-state index contributed by atoms with van der Waals surface area (Å²) in [5.41, 5.74) is 1.05. The third kappa shape index (κ3) is 1.65. The molecule has 0 unspecified atom stereocenters. The van der Waals surface area contributed by atoms with Crippen LogP contribution in [0, 0.1) is 12.7 Å². The summed E-state index contributed by atoms with van der Waals surface area (Å²) in [4.78, 5) is 0.